The molecule has 0 saturated heterocycles. The molecule has 1 heterocycles. The van der Waals surface area contributed by atoms with Crippen molar-refractivity contribution in [1.82, 2.24) is 15.2 Å². The first-order valence-electron chi connectivity index (χ1n) is 8.84. The first-order valence-corrected chi connectivity index (χ1v) is 8.84. The zero-order chi connectivity index (χ0) is 17.6. The van der Waals surface area contributed by atoms with Crippen LogP contribution in [0.2, 0.25) is 0 Å². The first kappa shape index (κ1) is 17.4. The summed E-state index contributed by atoms with van der Waals surface area (Å²) in [5, 5.41) is 12.4. The highest BCUT2D eigenvalue weighted by atomic mass is 16.3. The molecule has 1 atom stereocenters. The van der Waals surface area contributed by atoms with Gasteiger partial charge in [0.2, 0.25) is 0 Å². The fourth-order valence-electron chi connectivity index (χ4n) is 3.52. The van der Waals surface area contributed by atoms with Gasteiger partial charge in [-0.1, -0.05) is 30.3 Å². The fraction of sp³-hybridized carbons (Fsp3) is 0.400. The highest BCUT2D eigenvalue weighted by Crippen LogP contribution is 2.34. The van der Waals surface area contributed by atoms with Crippen LogP contribution in [-0.4, -0.2) is 34.2 Å². The second-order valence-corrected chi connectivity index (χ2v) is 6.45. The molecule has 0 fully saturated rings. The number of hydrogen-bond donors (Lipinski definition) is 2. The van der Waals surface area contributed by atoms with E-state index in [0.717, 1.165) is 30.5 Å². The SMILES string of the molecule is Cc1cccnc1CNC(=O)N(CCO)[C@H]1CCCc2ccccc21. The summed E-state index contributed by atoms with van der Waals surface area (Å²) in [6.45, 7) is 2.65. The van der Waals surface area contributed by atoms with E-state index in [1.807, 2.05) is 31.2 Å². The summed E-state index contributed by atoms with van der Waals surface area (Å²) in [5.41, 5.74) is 4.42. The Balaban J connectivity index is 1.75. The second-order valence-electron chi connectivity index (χ2n) is 6.45. The van der Waals surface area contributed by atoms with Crippen molar-refractivity contribution in [3.05, 3.63) is 65.0 Å². The van der Waals surface area contributed by atoms with Gasteiger partial charge in [0.05, 0.1) is 24.9 Å². The van der Waals surface area contributed by atoms with Gasteiger partial charge in [0.25, 0.3) is 0 Å². The minimum absolute atomic E-state index is 0.0157. The average Bonchev–Trinajstić information content (AvgIpc) is 2.65. The molecule has 2 amide bonds. The molecule has 0 spiro atoms. The summed E-state index contributed by atoms with van der Waals surface area (Å²) in [5.74, 6) is 0. The van der Waals surface area contributed by atoms with E-state index in [-0.39, 0.29) is 18.7 Å². The third-order valence-corrected chi connectivity index (χ3v) is 4.84. The van der Waals surface area contributed by atoms with Gasteiger partial charge in [0.1, 0.15) is 0 Å². The lowest BCUT2D eigenvalue weighted by molar-refractivity contribution is 0.144. The van der Waals surface area contributed by atoms with Crippen LogP contribution in [0.3, 0.4) is 0 Å². The van der Waals surface area contributed by atoms with Crippen LogP contribution in [0.15, 0.2) is 42.6 Å². The molecule has 1 aromatic heterocycles. The van der Waals surface area contributed by atoms with Gasteiger partial charge in [-0.05, 0) is 48.9 Å². The van der Waals surface area contributed by atoms with E-state index in [0.29, 0.717) is 13.1 Å². The van der Waals surface area contributed by atoms with Crippen LogP contribution >= 0.6 is 0 Å². The molecular formula is C20H25N3O2. The van der Waals surface area contributed by atoms with E-state index < -0.39 is 0 Å². The summed E-state index contributed by atoms with van der Waals surface area (Å²) >= 11 is 0. The van der Waals surface area contributed by atoms with Gasteiger partial charge >= 0.3 is 6.03 Å². The number of nitrogens with zero attached hydrogens (tertiary/aromatic N) is 2. The predicted octanol–water partition coefficient (Wildman–Crippen LogP) is 2.97. The number of fused-ring (bicyclic) bond motifs is 1. The van der Waals surface area contributed by atoms with Crippen molar-refractivity contribution in [2.45, 2.75) is 38.8 Å². The van der Waals surface area contributed by atoms with E-state index in [2.05, 4.69) is 22.4 Å². The van der Waals surface area contributed by atoms with E-state index in [4.69, 9.17) is 0 Å². The normalized spacial score (nSPS) is 16.2. The zero-order valence-corrected chi connectivity index (χ0v) is 14.6. The van der Waals surface area contributed by atoms with Gasteiger partial charge in [-0.2, -0.15) is 0 Å². The number of carbonyl (C=O) groups is 1. The number of carbonyl (C=O) groups excluding carboxylic acids is 1. The Morgan fingerprint density at radius 1 is 1.32 bits per heavy atom. The van der Waals surface area contributed by atoms with Crippen LogP contribution in [0.4, 0.5) is 4.79 Å². The van der Waals surface area contributed by atoms with E-state index in [9.17, 15) is 9.90 Å². The summed E-state index contributed by atoms with van der Waals surface area (Å²) in [6.07, 6.45) is 4.76. The molecule has 0 saturated carbocycles. The number of rotatable bonds is 5. The molecule has 5 heteroatoms. The molecular weight excluding hydrogens is 314 g/mol. The van der Waals surface area contributed by atoms with Gasteiger partial charge in [-0.25, -0.2) is 4.79 Å². The van der Waals surface area contributed by atoms with Crippen LogP contribution < -0.4 is 5.32 Å². The zero-order valence-electron chi connectivity index (χ0n) is 14.6. The number of nitrogens with one attached hydrogen (secondary N) is 1. The molecule has 0 unspecified atom stereocenters. The Hall–Kier alpha value is -2.40. The topological polar surface area (TPSA) is 65.5 Å². The van der Waals surface area contributed by atoms with Crippen molar-refractivity contribution >= 4 is 6.03 Å². The number of aromatic nitrogens is 1. The molecule has 132 valence electrons. The van der Waals surface area contributed by atoms with Crippen molar-refractivity contribution < 1.29 is 9.90 Å². The maximum absolute atomic E-state index is 12.8. The number of benzene rings is 1. The monoisotopic (exact) mass is 339 g/mol. The smallest absolute Gasteiger partial charge is 0.318 e. The van der Waals surface area contributed by atoms with Gasteiger partial charge in [0.15, 0.2) is 0 Å². The van der Waals surface area contributed by atoms with Crippen LogP contribution in [-0.2, 0) is 13.0 Å². The lowest BCUT2D eigenvalue weighted by Gasteiger charge is -2.35. The van der Waals surface area contributed by atoms with Crippen molar-refractivity contribution in [1.29, 1.82) is 0 Å². The molecule has 2 aromatic rings. The largest absolute Gasteiger partial charge is 0.395 e. The highest BCUT2D eigenvalue weighted by molar-refractivity contribution is 5.75. The maximum atomic E-state index is 12.8. The fourth-order valence-corrected chi connectivity index (χ4v) is 3.52. The lowest BCUT2D eigenvalue weighted by atomic mass is 9.87. The Morgan fingerprint density at radius 2 is 2.16 bits per heavy atom. The molecule has 2 N–H and O–H groups in total. The van der Waals surface area contributed by atoms with Crippen LogP contribution in [0.1, 0.15) is 41.3 Å². The van der Waals surface area contributed by atoms with Crippen molar-refractivity contribution in [3.8, 4) is 0 Å². The lowest BCUT2D eigenvalue weighted by Crippen LogP contribution is -2.44. The molecule has 0 bridgehead atoms. The molecule has 5 nitrogen and oxygen atoms in total. The van der Waals surface area contributed by atoms with Gasteiger partial charge in [0, 0.05) is 12.7 Å². The molecule has 0 radical (unpaired) electrons. The number of amides is 2. The first-order chi connectivity index (χ1) is 12.2. The molecule has 1 aliphatic rings. The summed E-state index contributed by atoms with van der Waals surface area (Å²) < 4.78 is 0. The minimum Gasteiger partial charge on any atom is -0.395 e. The van der Waals surface area contributed by atoms with Gasteiger partial charge < -0.3 is 15.3 Å². The summed E-state index contributed by atoms with van der Waals surface area (Å²) in [6, 6.07) is 12.0. The molecule has 0 aliphatic heterocycles. The van der Waals surface area contributed by atoms with Crippen molar-refractivity contribution in [2.24, 2.45) is 0 Å². The van der Waals surface area contributed by atoms with Crippen molar-refractivity contribution in [2.75, 3.05) is 13.2 Å². The van der Waals surface area contributed by atoms with Crippen LogP contribution in [0.25, 0.3) is 0 Å². The maximum Gasteiger partial charge on any atom is 0.318 e. The quantitative estimate of drug-likeness (QED) is 0.880. The Morgan fingerprint density at radius 3 is 2.96 bits per heavy atom. The number of aryl methyl sites for hydroxylation is 2. The van der Waals surface area contributed by atoms with E-state index in [1.165, 1.54) is 11.1 Å². The molecule has 25 heavy (non-hydrogen) atoms. The van der Waals surface area contributed by atoms with E-state index >= 15 is 0 Å². The molecule has 1 aliphatic carbocycles. The molecule has 3 rings (SSSR count). The Labute approximate surface area is 148 Å². The van der Waals surface area contributed by atoms with Gasteiger partial charge in [-0.3, -0.25) is 4.98 Å². The van der Waals surface area contributed by atoms with E-state index in [1.54, 1.807) is 11.1 Å². The third-order valence-electron chi connectivity index (χ3n) is 4.84. The second kappa shape index (κ2) is 8.12. The minimum atomic E-state index is -0.152. The Bertz CT molecular complexity index is 732. The van der Waals surface area contributed by atoms with Gasteiger partial charge in [-0.15, -0.1) is 0 Å². The highest BCUT2D eigenvalue weighted by Gasteiger charge is 2.28. The summed E-state index contributed by atoms with van der Waals surface area (Å²) in [7, 11) is 0. The third kappa shape index (κ3) is 3.99. The standard InChI is InChI=1S/C20H25N3O2/c1-15-6-5-11-21-18(15)14-22-20(25)23(12-13-24)19-10-4-8-16-7-2-3-9-17(16)19/h2-3,5-7,9,11,19,24H,4,8,10,12-14H2,1H3,(H,22,25)/t19-/m0/s1. The Kier molecular flexibility index (Phi) is 5.66. The predicted molar refractivity (Wildman–Crippen MR) is 97.1 cm³/mol. The van der Waals surface area contributed by atoms with Crippen LogP contribution in [0.5, 0.6) is 0 Å². The summed E-state index contributed by atoms with van der Waals surface area (Å²) in [4.78, 5) is 18.9. The average molecular weight is 339 g/mol. The number of hydrogen-bond acceptors (Lipinski definition) is 3. The van der Waals surface area contributed by atoms with Crippen molar-refractivity contribution in [3.63, 3.8) is 0 Å². The molecule has 1 aromatic carbocycles. The number of pyridine rings is 1. The van der Waals surface area contributed by atoms with Crippen LogP contribution in [0, 0.1) is 6.92 Å². The number of aliphatic hydroxyl groups is 1. The number of aliphatic hydroxyl groups excluding tert-OH is 1. The number of urea groups is 1.